The van der Waals surface area contributed by atoms with Gasteiger partial charge < -0.3 is 35.8 Å². The third kappa shape index (κ3) is 14.7. The molecule has 2 unspecified atom stereocenters. The van der Waals surface area contributed by atoms with Crippen LogP contribution in [0.2, 0.25) is 0 Å². The second-order valence-electron chi connectivity index (χ2n) is 18.0. The maximum Gasteiger partial charge on any atom is 0.303 e. The van der Waals surface area contributed by atoms with Crippen LogP contribution in [-0.2, 0) is 59.6 Å². The molecule has 22 heteroatoms. The van der Waals surface area contributed by atoms with Gasteiger partial charge in [-0.3, -0.25) is 28.8 Å². The SMILES string of the molecule is CC1(C)C2=[N+](CCCCCC(=O)NCC(C(=O)NCCCCCC(=O)O)NC(=O)CCCCCC3(C)/C(=C/C=C/2)N(CCCS(=O)(=O)O)c2ccc(S(=O)(=O)[O-])cc23)c2ccc(SOO[O-])cc21. The summed E-state index contributed by atoms with van der Waals surface area (Å²) in [6.07, 6.45) is 11.4. The van der Waals surface area contributed by atoms with E-state index in [0.717, 1.165) is 29.0 Å². The summed E-state index contributed by atoms with van der Waals surface area (Å²) in [5.41, 5.74) is 3.07. The maximum atomic E-state index is 13.3. The molecule has 5 rings (SSSR count). The molecule has 2 aromatic carbocycles. The lowest BCUT2D eigenvalue weighted by Gasteiger charge is -2.30. The summed E-state index contributed by atoms with van der Waals surface area (Å²) >= 11 is 0.779. The fourth-order valence-electron chi connectivity index (χ4n) is 9.19. The molecule has 0 radical (unpaired) electrons. The smallest absolute Gasteiger partial charge is 0.303 e. The van der Waals surface area contributed by atoms with Gasteiger partial charge in [-0.15, -0.1) is 0 Å². The summed E-state index contributed by atoms with van der Waals surface area (Å²) in [7, 11) is -9.20. The van der Waals surface area contributed by atoms with Crippen molar-refractivity contribution in [2.75, 3.05) is 36.8 Å². The van der Waals surface area contributed by atoms with Gasteiger partial charge in [-0.1, -0.05) is 25.3 Å². The Bertz CT molecular complexity index is 2490. The van der Waals surface area contributed by atoms with E-state index in [-0.39, 0.29) is 51.2 Å². The van der Waals surface area contributed by atoms with Crippen molar-refractivity contribution in [3.63, 3.8) is 0 Å². The standard InChI is InChI=1S/C46H63N5O14S3/c1-45(2)34-29-32(66-65-64-57)20-22-37(34)50-26-12-6-8-17-41(52)48-31-36(44(56)47-25-11-5-9-19-43(54)55)49-42(53)18-7-4-10-24-46(3)35-30-33(68(61,62)63)21-23-38(35)51(27-14-28-67(58,59)60)40(46)16-13-15-39(45)50/h13,15-16,20-23,29-30,36H,4-12,14,17-19,24-28,31H2,1-3H3,(H6-,47,48,49,52,53,54,55,56,57,58,59,60,61,62,63)/p-1. The average molecular weight is 1010 g/mol. The minimum atomic E-state index is -4.88. The number of nitrogens with one attached hydrogen (secondary N) is 3. The number of aliphatic carboxylic acids is 1. The van der Waals surface area contributed by atoms with Gasteiger partial charge in [0.15, 0.2) is 5.71 Å². The highest BCUT2D eigenvalue weighted by molar-refractivity contribution is 7.94. The number of hydrogen-bond acceptors (Lipinski definition) is 14. The zero-order valence-corrected chi connectivity index (χ0v) is 41.1. The van der Waals surface area contributed by atoms with E-state index < -0.39 is 65.5 Å². The summed E-state index contributed by atoms with van der Waals surface area (Å²) in [6.45, 7) is 6.85. The summed E-state index contributed by atoms with van der Waals surface area (Å²) < 4.78 is 77.3. The Kier molecular flexibility index (Phi) is 19.3. The number of carbonyl (C=O) groups is 4. The molecule has 2 atom stereocenters. The van der Waals surface area contributed by atoms with Gasteiger partial charge in [-0.05, 0) is 108 Å². The van der Waals surface area contributed by atoms with Crippen molar-refractivity contribution in [3.05, 3.63) is 71.5 Å². The lowest BCUT2D eigenvalue weighted by atomic mass is 9.77. The highest BCUT2D eigenvalue weighted by atomic mass is 32.2. The number of hydrogen-bond donors (Lipinski definition) is 5. The number of carboxylic acids is 1. The summed E-state index contributed by atoms with van der Waals surface area (Å²) in [6, 6.07) is 8.72. The third-order valence-electron chi connectivity index (χ3n) is 12.7. The molecular weight excluding hydrogens is 943 g/mol. The van der Waals surface area contributed by atoms with Crippen LogP contribution >= 0.6 is 12.0 Å². The Hall–Kier alpha value is -4.68. The van der Waals surface area contributed by atoms with Crippen LogP contribution in [0.1, 0.15) is 122 Å². The van der Waals surface area contributed by atoms with Crippen LogP contribution in [0.15, 0.2) is 70.1 Å². The van der Waals surface area contributed by atoms with Crippen molar-refractivity contribution in [2.24, 2.45) is 0 Å². The molecule has 3 aliphatic rings. The first kappa shape index (κ1) is 54.3. The molecule has 19 nitrogen and oxygen atoms in total. The average Bonchev–Trinajstić information content (AvgIpc) is 3.62. The van der Waals surface area contributed by atoms with Crippen molar-refractivity contribution in [1.82, 2.24) is 16.0 Å². The molecule has 0 fully saturated rings. The number of benzene rings is 2. The number of allylic oxidation sites excluding steroid dienone is 4. The molecule has 3 amide bonds. The molecular formula is C46H62N5O14S3-. The summed E-state index contributed by atoms with van der Waals surface area (Å²) in [5, 5.41) is 31.5. The van der Waals surface area contributed by atoms with Crippen molar-refractivity contribution < 1.29 is 69.4 Å². The largest absolute Gasteiger partial charge is 0.744 e. The van der Waals surface area contributed by atoms with Gasteiger partial charge in [0, 0.05) is 84.7 Å². The van der Waals surface area contributed by atoms with Gasteiger partial charge in [0.05, 0.1) is 28.1 Å². The highest BCUT2D eigenvalue weighted by Gasteiger charge is 2.46. The molecule has 2 aromatic rings. The fraction of sp³-hybridized carbons (Fsp3) is 0.543. The number of carbonyl (C=O) groups excluding carboxylic acids is 3. The molecule has 0 aromatic heterocycles. The van der Waals surface area contributed by atoms with Crippen molar-refractivity contribution in [1.29, 1.82) is 0 Å². The van der Waals surface area contributed by atoms with Crippen molar-refractivity contribution in [3.8, 4) is 0 Å². The second kappa shape index (κ2) is 24.2. The Morgan fingerprint density at radius 3 is 2.38 bits per heavy atom. The van der Waals surface area contributed by atoms with E-state index >= 15 is 0 Å². The second-order valence-corrected chi connectivity index (χ2v) is 21.7. The topological polar surface area (TPSA) is 284 Å². The molecule has 68 heavy (non-hydrogen) atoms. The zero-order chi connectivity index (χ0) is 49.7. The van der Waals surface area contributed by atoms with Gasteiger partial charge in [0.1, 0.15) is 22.7 Å². The predicted octanol–water partition coefficient (Wildman–Crippen LogP) is 4.58. The number of rotatable bonds is 15. The molecule has 3 heterocycles. The van der Waals surface area contributed by atoms with E-state index in [0.29, 0.717) is 92.6 Å². The van der Waals surface area contributed by atoms with E-state index in [4.69, 9.17) is 5.11 Å². The number of nitrogens with zero attached hydrogens (tertiary/aromatic N) is 2. The van der Waals surface area contributed by atoms with Gasteiger partial charge in [0.2, 0.25) is 23.4 Å². The molecule has 0 bridgehead atoms. The number of carboxylic acid groups (broad SMARTS) is 1. The molecule has 0 saturated carbocycles. The Morgan fingerprint density at radius 2 is 1.68 bits per heavy atom. The van der Waals surface area contributed by atoms with Gasteiger partial charge in [-0.25, -0.2) is 8.42 Å². The third-order valence-corrected chi connectivity index (χ3v) is 14.9. The first-order chi connectivity index (χ1) is 32.2. The Labute approximate surface area is 402 Å². The fourth-order valence-corrected chi connectivity index (χ4v) is 10.6. The van der Waals surface area contributed by atoms with Crippen LogP contribution in [0.4, 0.5) is 11.4 Å². The monoisotopic (exact) mass is 1000 g/mol. The van der Waals surface area contributed by atoms with Gasteiger partial charge in [-0.2, -0.15) is 17.3 Å². The molecule has 0 aliphatic carbocycles. The molecule has 0 spiro atoms. The highest BCUT2D eigenvalue weighted by Crippen LogP contribution is 2.52. The Morgan fingerprint density at radius 1 is 0.941 bits per heavy atom. The van der Waals surface area contributed by atoms with Gasteiger partial charge in [0.25, 0.3) is 10.1 Å². The minimum absolute atomic E-state index is 0.0207. The maximum absolute atomic E-state index is 13.3. The minimum Gasteiger partial charge on any atom is -0.744 e. The van der Waals surface area contributed by atoms with Crippen LogP contribution in [-0.4, -0.2) is 103 Å². The number of anilines is 1. The zero-order valence-electron chi connectivity index (χ0n) is 38.6. The lowest BCUT2D eigenvalue weighted by Crippen LogP contribution is -2.52. The van der Waals surface area contributed by atoms with Crippen LogP contribution in [0.3, 0.4) is 0 Å². The van der Waals surface area contributed by atoms with Crippen molar-refractivity contribution in [2.45, 2.75) is 137 Å². The normalized spacial score (nSPS) is 22.1. The first-order valence-corrected chi connectivity index (χ1v) is 26.6. The molecule has 0 saturated heterocycles. The molecule has 3 aliphatic heterocycles. The van der Waals surface area contributed by atoms with Crippen LogP contribution in [0, 0.1) is 0 Å². The number of unbranched alkanes of at least 4 members (excludes halogenated alkanes) is 2. The van der Waals surface area contributed by atoms with Crippen LogP contribution < -0.4 is 26.1 Å². The quantitative estimate of drug-likeness (QED) is 0.0408. The van der Waals surface area contributed by atoms with E-state index in [1.165, 1.54) is 18.2 Å². The predicted molar refractivity (Wildman–Crippen MR) is 250 cm³/mol. The molecule has 5 N–H and O–H groups in total. The number of fused-ring (bicyclic) bond motifs is 5. The van der Waals surface area contributed by atoms with E-state index in [1.54, 1.807) is 0 Å². The van der Waals surface area contributed by atoms with Gasteiger partial charge >= 0.3 is 5.97 Å². The number of amides is 3. The van der Waals surface area contributed by atoms with E-state index in [1.807, 2.05) is 48.3 Å². The van der Waals surface area contributed by atoms with Crippen LogP contribution in [0.25, 0.3) is 0 Å². The summed E-state index contributed by atoms with van der Waals surface area (Å²) in [4.78, 5) is 52.6. The first-order valence-electron chi connectivity index (χ1n) is 22.9. The van der Waals surface area contributed by atoms with E-state index in [9.17, 15) is 50.4 Å². The van der Waals surface area contributed by atoms with E-state index in [2.05, 4.69) is 43.7 Å². The van der Waals surface area contributed by atoms with Crippen LogP contribution in [0.5, 0.6) is 0 Å². The lowest BCUT2D eigenvalue weighted by molar-refractivity contribution is -0.777. The van der Waals surface area contributed by atoms with Crippen molar-refractivity contribution >= 4 is 73.1 Å². The Balaban J connectivity index is 1.51. The molecule has 374 valence electrons. The summed E-state index contributed by atoms with van der Waals surface area (Å²) in [5.74, 6) is -2.59.